The highest BCUT2D eigenvalue weighted by molar-refractivity contribution is 7.89. The van der Waals surface area contributed by atoms with Gasteiger partial charge in [0.15, 0.2) is 5.78 Å². The van der Waals surface area contributed by atoms with Gasteiger partial charge in [0, 0.05) is 52.0 Å². The molecule has 3 heterocycles. The molecule has 1 N–H and O–H groups in total. The van der Waals surface area contributed by atoms with E-state index in [-0.39, 0.29) is 37.5 Å². The zero-order valence-corrected chi connectivity index (χ0v) is 44.8. The second-order valence-corrected chi connectivity index (χ2v) is 23.4. The minimum absolute atomic E-state index is 0.0510. The number of amides is 1. The third kappa shape index (κ3) is 12.6. The number of fused-ring (bicyclic) bond motifs is 2. The molecule has 0 saturated heterocycles. The summed E-state index contributed by atoms with van der Waals surface area (Å²) in [4.78, 5) is 51.8. The lowest BCUT2D eigenvalue weighted by Crippen LogP contribution is -2.32. The second-order valence-electron chi connectivity index (χ2n) is 20.5. The molecule has 4 aromatic carbocycles. The summed E-state index contributed by atoms with van der Waals surface area (Å²) in [6.45, 7) is 6.30. The van der Waals surface area contributed by atoms with Crippen LogP contribution in [0.25, 0.3) is 44.3 Å². The maximum atomic E-state index is 13.3. The van der Waals surface area contributed by atoms with E-state index in [1.54, 1.807) is 18.2 Å². The molecular weight excluding hydrogens is 984 g/mol. The first-order valence-corrected chi connectivity index (χ1v) is 27.8. The Balaban J connectivity index is 0.000000197. The number of sulfonamides is 1. The fraction of sp³-hybridized carbons (Fsp3) is 0.414. The molecule has 0 unspecified atom stereocenters. The summed E-state index contributed by atoms with van der Waals surface area (Å²) in [5, 5.41) is 6.35. The summed E-state index contributed by atoms with van der Waals surface area (Å²) >= 11 is 12.4. The number of likely N-dealkylation sites (N-methyl/N-ethyl adjacent to an activating group) is 1. The number of hydrogen-bond acceptors (Lipinski definition) is 8. The van der Waals surface area contributed by atoms with Gasteiger partial charge in [0.25, 0.3) is 0 Å². The van der Waals surface area contributed by atoms with Crippen molar-refractivity contribution in [2.75, 3.05) is 33.0 Å². The topological polar surface area (TPSA) is 146 Å². The van der Waals surface area contributed by atoms with Gasteiger partial charge in [-0.15, -0.1) is 0 Å². The number of esters is 2. The third-order valence-electron chi connectivity index (χ3n) is 14.2. The highest BCUT2D eigenvalue weighted by atomic mass is 35.5. The Morgan fingerprint density at radius 3 is 1.85 bits per heavy atom. The van der Waals surface area contributed by atoms with Gasteiger partial charge in [0.05, 0.1) is 29.6 Å². The number of Topliss-reactive ketones (excluding diaryl/α,β-unsaturated/α-hetero) is 1. The van der Waals surface area contributed by atoms with Crippen LogP contribution in [0.15, 0.2) is 97.1 Å². The van der Waals surface area contributed by atoms with Crippen molar-refractivity contribution in [1.82, 2.24) is 18.8 Å². The third-order valence-corrected chi connectivity index (χ3v) is 16.4. The van der Waals surface area contributed by atoms with Gasteiger partial charge in [-0.25, -0.2) is 17.5 Å². The van der Waals surface area contributed by atoms with Crippen LogP contribution in [-0.2, 0) is 42.2 Å². The minimum atomic E-state index is -3.78. The molecule has 12 nitrogen and oxygen atoms in total. The van der Waals surface area contributed by atoms with E-state index in [4.69, 9.17) is 32.7 Å². The van der Waals surface area contributed by atoms with Gasteiger partial charge in [0.2, 0.25) is 15.9 Å². The lowest BCUT2D eigenvalue weighted by molar-refractivity contribution is -0.141. The highest BCUT2D eigenvalue weighted by Crippen LogP contribution is 2.46. The number of methoxy groups -OCH3 is 1. The van der Waals surface area contributed by atoms with E-state index in [9.17, 15) is 27.6 Å². The van der Waals surface area contributed by atoms with Crippen molar-refractivity contribution in [2.45, 2.75) is 122 Å². The van der Waals surface area contributed by atoms with Crippen molar-refractivity contribution in [3.05, 3.63) is 129 Å². The van der Waals surface area contributed by atoms with Crippen LogP contribution in [0, 0.1) is 0 Å². The molecule has 2 bridgehead atoms. The normalized spacial score (nSPS) is 18.0. The van der Waals surface area contributed by atoms with Gasteiger partial charge in [-0.3, -0.25) is 14.4 Å². The molecule has 73 heavy (non-hydrogen) atoms. The molecule has 1 amide bonds. The van der Waals surface area contributed by atoms with Crippen molar-refractivity contribution in [3.63, 3.8) is 0 Å². The average molecular weight is 1050 g/mol. The summed E-state index contributed by atoms with van der Waals surface area (Å²) in [6.07, 6.45) is 15.6. The SMILES string of the molecule is CN1C/C=C\CCNC(=O)Cn2c(-c3ccc(Cl)cc3)c(C3CCCCC3)c3ccc(cc32)C(=O)CS1(=O)=O.COC(=O)Cn1c(-c2ccc(Cl)cc2)c(C2CCCCC2)c2ccc(C(=O)OC(C)(C)C)cc21. The smallest absolute Gasteiger partial charge is 0.338 e. The summed E-state index contributed by atoms with van der Waals surface area (Å²) < 4.78 is 41.6. The first kappa shape index (κ1) is 53.6. The van der Waals surface area contributed by atoms with Crippen LogP contribution < -0.4 is 5.32 Å². The average Bonchev–Trinajstić information content (AvgIpc) is 3.86. The fourth-order valence-electron chi connectivity index (χ4n) is 10.7. The van der Waals surface area contributed by atoms with Crippen LogP contribution in [-0.4, -0.2) is 84.1 Å². The fourth-order valence-corrected chi connectivity index (χ4v) is 12.0. The number of hydrogen-bond donors (Lipinski definition) is 1. The van der Waals surface area contributed by atoms with Gasteiger partial charge in [-0.05, 0) is 129 Å². The van der Waals surface area contributed by atoms with E-state index in [2.05, 4.69) is 5.32 Å². The van der Waals surface area contributed by atoms with Crippen LogP contribution >= 0.6 is 23.2 Å². The van der Waals surface area contributed by atoms with Crippen LogP contribution in [0.3, 0.4) is 0 Å². The Hall–Kier alpha value is -5.73. The molecule has 0 radical (unpaired) electrons. The van der Waals surface area contributed by atoms with E-state index in [1.807, 2.05) is 109 Å². The summed E-state index contributed by atoms with van der Waals surface area (Å²) in [7, 11) is -0.916. The molecule has 2 aliphatic carbocycles. The van der Waals surface area contributed by atoms with Gasteiger partial charge in [-0.2, -0.15) is 0 Å². The zero-order chi connectivity index (χ0) is 52.0. The number of carbonyl (C=O) groups is 4. The molecule has 15 heteroatoms. The summed E-state index contributed by atoms with van der Waals surface area (Å²) in [5.74, 6) is -1.21. The van der Waals surface area contributed by atoms with Crippen LogP contribution in [0.5, 0.6) is 0 Å². The summed E-state index contributed by atoms with van der Waals surface area (Å²) in [6, 6.07) is 26.5. The monoisotopic (exact) mass is 1050 g/mol. The van der Waals surface area contributed by atoms with Crippen molar-refractivity contribution < 1.29 is 37.1 Å². The maximum Gasteiger partial charge on any atom is 0.338 e. The van der Waals surface area contributed by atoms with Gasteiger partial charge in [-0.1, -0.05) is 116 Å². The lowest BCUT2D eigenvalue weighted by atomic mass is 9.81. The molecule has 2 aromatic heterocycles. The Labute approximate surface area is 439 Å². The van der Waals surface area contributed by atoms with Crippen molar-refractivity contribution in [3.8, 4) is 22.5 Å². The van der Waals surface area contributed by atoms with E-state index in [0.717, 1.165) is 82.8 Å². The molecule has 0 spiro atoms. The number of carbonyl (C=O) groups excluding carboxylic acids is 4. The van der Waals surface area contributed by atoms with Crippen LogP contribution in [0.1, 0.15) is 135 Å². The van der Waals surface area contributed by atoms with E-state index in [1.165, 1.54) is 55.3 Å². The molecule has 386 valence electrons. The number of nitrogens with zero attached hydrogens (tertiary/aromatic N) is 3. The number of halogens is 2. The van der Waals surface area contributed by atoms with Gasteiger partial charge < -0.3 is 23.9 Å². The Morgan fingerprint density at radius 1 is 0.712 bits per heavy atom. The van der Waals surface area contributed by atoms with Crippen molar-refractivity contribution >= 4 is 78.7 Å². The number of benzene rings is 4. The quantitative estimate of drug-likeness (QED) is 0.123. The van der Waals surface area contributed by atoms with E-state index < -0.39 is 27.2 Å². The van der Waals surface area contributed by atoms with Gasteiger partial charge in [0.1, 0.15) is 24.4 Å². The van der Waals surface area contributed by atoms with E-state index in [0.29, 0.717) is 46.0 Å². The highest BCUT2D eigenvalue weighted by Gasteiger charge is 2.31. The van der Waals surface area contributed by atoms with Crippen LogP contribution in [0.4, 0.5) is 0 Å². The lowest BCUT2D eigenvalue weighted by Gasteiger charge is -2.23. The Bertz CT molecular complexity index is 3140. The molecule has 9 rings (SSSR count). The number of ketones is 1. The standard InChI is InChI=1S/C30H34ClN3O4S.C28H32ClNO4/c1-33-17-7-3-6-16-32-28(36)19-34-26-18-23(27(35)20-39(33,37)38)12-15-25(26)29(21-8-4-2-5-9-21)30(34)22-10-13-24(31)14-11-22;1-28(2,3)34-27(32)20-12-15-22-23(16-20)30(17-24(31)33-4)26(19-10-13-21(29)14-11-19)25(22)18-8-6-5-7-9-18/h3,7,10-15,18,21H,2,4-6,8-9,16-17,19-20H2,1H3,(H,32,36);10-16,18H,5-9,17H2,1-4H3/b7-3-;. The largest absolute Gasteiger partial charge is 0.468 e. The summed E-state index contributed by atoms with van der Waals surface area (Å²) in [5.41, 5.74) is 8.10. The number of aromatic nitrogens is 2. The second kappa shape index (κ2) is 23.2. The molecular formula is C58H66Cl2N4O8S. The number of nitrogens with one attached hydrogen (secondary N) is 1. The minimum Gasteiger partial charge on any atom is -0.468 e. The molecule has 1 aliphatic heterocycles. The van der Waals surface area contributed by atoms with Crippen molar-refractivity contribution in [2.24, 2.45) is 0 Å². The molecule has 2 fully saturated rings. The van der Waals surface area contributed by atoms with Crippen LogP contribution in [0.2, 0.25) is 10.0 Å². The van der Waals surface area contributed by atoms with Gasteiger partial charge >= 0.3 is 11.9 Å². The Morgan fingerprint density at radius 2 is 1.26 bits per heavy atom. The molecule has 0 atom stereocenters. The number of rotatable bonds is 7. The molecule has 2 saturated carbocycles. The molecule has 6 aromatic rings. The first-order valence-electron chi connectivity index (χ1n) is 25.5. The number of ether oxygens (including phenoxy) is 2. The predicted molar refractivity (Wildman–Crippen MR) is 291 cm³/mol. The van der Waals surface area contributed by atoms with E-state index >= 15 is 0 Å². The zero-order valence-electron chi connectivity index (χ0n) is 42.5. The maximum absolute atomic E-state index is 13.3. The first-order chi connectivity index (χ1) is 34.9. The predicted octanol–water partition coefficient (Wildman–Crippen LogP) is 12.7. The van der Waals surface area contributed by atoms with Crippen molar-refractivity contribution in [1.29, 1.82) is 0 Å². The Kier molecular flexibility index (Phi) is 17.0. The molecule has 3 aliphatic rings.